The van der Waals surface area contributed by atoms with Gasteiger partial charge in [0.25, 0.3) is 0 Å². The summed E-state index contributed by atoms with van der Waals surface area (Å²) in [5.41, 5.74) is 25.5. The molecular weight excluding hydrogens is 1700 g/mol. The lowest BCUT2D eigenvalue weighted by atomic mass is 9.77. The maximum Gasteiger partial charge on any atom is 0.519 e. The van der Waals surface area contributed by atoms with Crippen LogP contribution in [-0.4, -0.2) is 64.9 Å². The van der Waals surface area contributed by atoms with Gasteiger partial charge < -0.3 is 57.3 Å². The molecule has 137 heavy (non-hydrogen) atoms. The van der Waals surface area contributed by atoms with Crippen molar-refractivity contribution >= 4 is 123 Å². The number of carbonyl (C=O) groups excluding carboxylic acids is 4. The molecule has 16 aromatic rings. The largest absolute Gasteiger partial charge is 0.519 e. The number of methoxy groups -OCH3 is 2. The second-order valence-electron chi connectivity index (χ2n) is 32.8. The minimum Gasteiger partial charge on any atom is -0.497 e. The van der Waals surface area contributed by atoms with E-state index in [9.17, 15) is 19.2 Å². The highest BCUT2D eigenvalue weighted by Gasteiger charge is 2.27. The SMILES string of the molecule is COc1ccc(C=Cc2ccc(N(c3ccccc3)c3ccc(C=Cc4ccc(OC(=O)Oc5ccc(C(C)(C)c6ccc(OC(C)=O)c(C)c6)cc5C)cc4)cc3)cc2)cc1.COc1ccc(N(c2ccccc2)c2ccc(C=C(c3ccccc3)c3ccc(C(=Cc4ccc(N(c5ccccc5)c5ccc(OC(=O)OCCOCCOC(C)=O)cc5)cc4)c4ccccc4)cc3)cc2)cc1. The maximum atomic E-state index is 12.8. The Morgan fingerprint density at radius 2 is 0.547 bits per heavy atom. The number of aryl methyl sites for hydroxylation is 2. The number of hydrogen-bond donors (Lipinski definition) is 0. The highest BCUT2D eigenvalue weighted by atomic mass is 16.7. The van der Waals surface area contributed by atoms with E-state index in [1.165, 1.54) is 13.8 Å². The van der Waals surface area contributed by atoms with E-state index in [2.05, 4.69) is 296 Å². The van der Waals surface area contributed by atoms with E-state index in [1.807, 2.05) is 159 Å². The molecule has 0 unspecified atom stereocenters. The Labute approximate surface area is 801 Å². The first-order valence-electron chi connectivity index (χ1n) is 45.1. The average Bonchev–Trinajstić information content (AvgIpc) is 0.780. The van der Waals surface area contributed by atoms with E-state index in [-0.39, 0.29) is 43.8 Å². The van der Waals surface area contributed by atoms with Crippen molar-refractivity contribution in [3.05, 3.63) is 484 Å². The molecule has 16 aromatic carbocycles. The van der Waals surface area contributed by atoms with Crippen molar-refractivity contribution in [3.8, 4) is 34.5 Å². The quantitative estimate of drug-likeness (QED) is 0.0125. The minimum absolute atomic E-state index is 0.00348. The van der Waals surface area contributed by atoms with Gasteiger partial charge in [0.15, 0.2) is 0 Å². The zero-order valence-electron chi connectivity index (χ0n) is 77.6. The molecule has 0 heterocycles. The summed E-state index contributed by atoms with van der Waals surface area (Å²) in [6, 6.07) is 137. The molecule has 0 bridgehead atoms. The zero-order chi connectivity index (χ0) is 95.3. The summed E-state index contributed by atoms with van der Waals surface area (Å²) >= 11 is 0. The van der Waals surface area contributed by atoms with Crippen molar-refractivity contribution in [2.75, 3.05) is 55.3 Å². The van der Waals surface area contributed by atoms with Crippen molar-refractivity contribution in [1.82, 2.24) is 0 Å². The third kappa shape index (κ3) is 25.8. The van der Waals surface area contributed by atoms with Crippen LogP contribution in [-0.2, 0) is 29.2 Å². The first-order chi connectivity index (χ1) is 66.8. The molecule has 16 nitrogen and oxygen atoms in total. The van der Waals surface area contributed by atoms with Crippen molar-refractivity contribution in [2.24, 2.45) is 0 Å². The predicted molar refractivity (Wildman–Crippen MR) is 552 cm³/mol. The predicted octanol–water partition coefficient (Wildman–Crippen LogP) is 29.9. The third-order valence-electron chi connectivity index (χ3n) is 22.9. The third-order valence-corrected chi connectivity index (χ3v) is 22.9. The van der Waals surface area contributed by atoms with Gasteiger partial charge in [-0.15, -0.1) is 0 Å². The molecule has 0 spiro atoms. The van der Waals surface area contributed by atoms with E-state index in [0.29, 0.717) is 23.0 Å². The number of para-hydroxylation sites is 3. The summed E-state index contributed by atoms with van der Waals surface area (Å²) in [5.74, 6) is 2.60. The van der Waals surface area contributed by atoms with Crippen LogP contribution in [0.5, 0.6) is 34.5 Å². The molecule has 0 radical (unpaired) electrons. The second-order valence-corrected chi connectivity index (χ2v) is 32.8. The average molecular weight is 1810 g/mol. The Morgan fingerprint density at radius 3 is 0.883 bits per heavy atom. The van der Waals surface area contributed by atoms with Crippen LogP contribution in [0.4, 0.5) is 60.8 Å². The normalized spacial score (nSPS) is 11.4. The van der Waals surface area contributed by atoms with Gasteiger partial charge in [0.1, 0.15) is 47.7 Å². The number of carbonyl (C=O) groups is 4. The number of ether oxygens (including phenoxy) is 9. The molecule has 0 N–H and O–H groups in total. The fourth-order valence-electron chi connectivity index (χ4n) is 15.7. The molecule has 0 aliphatic heterocycles. The Kier molecular flexibility index (Phi) is 32.0. The number of hydrogen-bond acceptors (Lipinski definition) is 16. The van der Waals surface area contributed by atoms with Crippen molar-refractivity contribution in [2.45, 2.75) is 47.0 Å². The molecule has 0 atom stereocenters. The van der Waals surface area contributed by atoms with Gasteiger partial charge in [0.2, 0.25) is 0 Å². The van der Waals surface area contributed by atoms with Crippen LogP contribution >= 0.6 is 0 Å². The Hall–Kier alpha value is -17.1. The molecule has 682 valence electrons. The van der Waals surface area contributed by atoms with E-state index in [1.54, 1.807) is 44.6 Å². The van der Waals surface area contributed by atoms with Crippen LogP contribution in [0.3, 0.4) is 0 Å². The standard InChI is InChI=1S/C66H56N2O7.C55H49NO6/c1-49(69)73-45-43-72-44-46-74-66(70)75-63-41-37-61(38-42-63)68(57-21-13-6-14-22-57)59-33-25-51(26-34-59)48-65(53-17-9-4-10-18-53)55-29-27-54(28-30-55)64(52-15-7-3-8-16-52)47-50-23-31-58(32-24-50)67(56-19-11-5-12-20-56)60-35-39-62(71-2)40-36-60;1-38-36-45(24-34-52(38)60-40(3)57)55(4,5)46-25-35-53(39(2)37-46)62-54(58)61-51-32-22-44(23-33-51)15-13-42-18-28-49(29-19-42)56(47-10-8-7-9-11-47)48-26-16-41(17-27-48)12-14-43-20-30-50(59-6)31-21-43/h3-42,47-48H,43-46H2,1-2H3;7-37H,1-6H3. The minimum atomic E-state index is -0.842. The molecule has 16 heteroatoms. The molecule has 0 saturated carbocycles. The zero-order valence-corrected chi connectivity index (χ0v) is 77.6. The van der Waals surface area contributed by atoms with Gasteiger partial charge in [-0.25, -0.2) is 9.59 Å². The summed E-state index contributed by atoms with van der Waals surface area (Å²) in [5, 5.41) is 0. The fraction of sp³-hybridized carbons (Fsp3) is 0.107. The van der Waals surface area contributed by atoms with Crippen molar-refractivity contribution < 1.29 is 61.8 Å². The molecule has 0 aliphatic rings. The van der Waals surface area contributed by atoms with Crippen LogP contribution in [0.1, 0.15) is 106 Å². The molecule has 0 amide bonds. The lowest BCUT2D eigenvalue weighted by Crippen LogP contribution is -2.20. The van der Waals surface area contributed by atoms with Gasteiger partial charge >= 0.3 is 24.2 Å². The van der Waals surface area contributed by atoms with Gasteiger partial charge in [-0.3, -0.25) is 9.59 Å². The Balaban J connectivity index is 0.000000212. The topological polar surface area (TPSA) is 161 Å². The summed E-state index contributed by atoms with van der Waals surface area (Å²) in [6.07, 6.45) is 11.1. The van der Waals surface area contributed by atoms with Crippen LogP contribution < -0.4 is 43.1 Å². The lowest BCUT2D eigenvalue weighted by Gasteiger charge is -2.27. The number of anilines is 9. The first-order valence-corrected chi connectivity index (χ1v) is 45.1. The Bertz CT molecular complexity index is 6820. The molecule has 0 aliphatic carbocycles. The van der Waals surface area contributed by atoms with Gasteiger partial charge in [-0.2, -0.15) is 0 Å². The van der Waals surface area contributed by atoms with Crippen LogP contribution in [0.2, 0.25) is 0 Å². The lowest BCUT2D eigenvalue weighted by molar-refractivity contribution is -0.142. The molecule has 0 fully saturated rings. The van der Waals surface area contributed by atoms with Crippen LogP contribution in [0.15, 0.2) is 406 Å². The summed E-state index contributed by atoms with van der Waals surface area (Å²) in [7, 11) is 3.35. The molecule has 0 aromatic heterocycles. The fourth-order valence-corrected chi connectivity index (χ4v) is 15.7. The van der Waals surface area contributed by atoms with E-state index >= 15 is 0 Å². The van der Waals surface area contributed by atoms with E-state index in [4.69, 9.17) is 42.6 Å². The molecule has 0 saturated heterocycles. The highest BCUT2D eigenvalue weighted by molar-refractivity contribution is 5.95. The van der Waals surface area contributed by atoms with Gasteiger partial charge in [-0.1, -0.05) is 275 Å². The van der Waals surface area contributed by atoms with Crippen LogP contribution in [0, 0.1) is 13.8 Å². The van der Waals surface area contributed by atoms with Crippen molar-refractivity contribution in [1.29, 1.82) is 0 Å². The van der Waals surface area contributed by atoms with Crippen LogP contribution in [0.25, 0.3) is 47.6 Å². The summed E-state index contributed by atoms with van der Waals surface area (Å²) in [4.78, 5) is 54.2. The smallest absolute Gasteiger partial charge is 0.497 e. The molecular formula is C121H105N3O13. The summed E-state index contributed by atoms with van der Waals surface area (Å²) < 4.78 is 47.9. The van der Waals surface area contributed by atoms with E-state index in [0.717, 1.165) is 152 Å². The second kappa shape index (κ2) is 46.3. The number of rotatable bonds is 33. The Morgan fingerprint density at radius 1 is 0.270 bits per heavy atom. The number of esters is 2. The first kappa shape index (κ1) is 94.6. The summed E-state index contributed by atoms with van der Waals surface area (Å²) in [6.45, 7) is 11.3. The maximum absolute atomic E-state index is 12.8. The monoisotopic (exact) mass is 1810 g/mol. The number of benzene rings is 16. The van der Waals surface area contributed by atoms with Gasteiger partial charge in [-0.05, 0) is 285 Å². The van der Waals surface area contributed by atoms with Gasteiger partial charge in [0.05, 0.1) is 27.4 Å². The molecule has 16 rings (SSSR count). The number of nitrogens with zero attached hydrogens (tertiary/aromatic N) is 3. The van der Waals surface area contributed by atoms with Gasteiger partial charge in [0, 0.05) is 70.4 Å². The highest BCUT2D eigenvalue weighted by Crippen LogP contribution is 2.42. The van der Waals surface area contributed by atoms with Crippen molar-refractivity contribution in [3.63, 3.8) is 0 Å². The van der Waals surface area contributed by atoms with E-state index < -0.39 is 12.3 Å².